The molecule has 0 spiro atoms. The van der Waals surface area contributed by atoms with Gasteiger partial charge in [0.25, 0.3) is 10.0 Å². The van der Waals surface area contributed by atoms with Crippen LogP contribution in [0.15, 0.2) is 52.1 Å². The highest BCUT2D eigenvalue weighted by molar-refractivity contribution is 7.91. The van der Waals surface area contributed by atoms with Gasteiger partial charge in [-0.05, 0) is 29.9 Å². The summed E-state index contributed by atoms with van der Waals surface area (Å²) < 4.78 is 26.9. The van der Waals surface area contributed by atoms with Crippen molar-refractivity contribution in [1.82, 2.24) is 9.62 Å². The summed E-state index contributed by atoms with van der Waals surface area (Å²) in [6, 6.07) is 12.2. The maximum atomic E-state index is 12.6. The molecular formula is C16H18N2O3S2. The summed E-state index contributed by atoms with van der Waals surface area (Å²) in [5.41, 5.74) is 0.992. The molecule has 1 aromatic heterocycles. The molecule has 0 bridgehead atoms. The van der Waals surface area contributed by atoms with Gasteiger partial charge in [-0.3, -0.25) is 4.79 Å². The summed E-state index contributed by atoms with van der Waals surface area (Å²) >= 11 is 1.18. The lowest BCUT2D eigenvalue weighted by molar-refractivity contribution is -0.124. The molecule has 2 aromatic rings. The van der Waals surface area contributed by atoms with Gasteiger partial charge in [0.2, 0.25) is 5.91 Å². The van der Waals surface area contributed by atoms with Crippen LogP contribution in [0.2, 0.25) is 0 Å². The number of hydrogen-bond donors (Lipinski definition) is 1. The maximum Gasteiger partial charge on any atom is 0.253 e. The van der Waals surface area contributed by atoms with Crippen molar-refractivity contribution in [2.45, 2.75) is 29.6 Å². The minimum atomic E-state index is -3.58. The molecule has 122 valence electrons. The zero-order valence-electron chi connectivity index (χ0n) is 12.5. The second-order valence-corrected chi connectivity index (χ2v) is 8.47. The van der Waals surface area contributed by atoms with Crippen LogP contribution in [-0.2, 0) is 21.4 Å². The summed E-state index contributed by atoms with van der Waals surface area (Å²) in [5.74, 6) is -0.230. The van der Waals surface area contributed by atoms with Gasteiger partial charge >= 0.3 is 0 Å². The normalized spacial score (nSPS) is 18.9. The summed E-state index contributed by atoms with van der Waals surface area (Å²) in [6.07, 6.45) is 1.26. The zero-order chi connectivity index (χ0) is 16.3. The van der Waals surface area contributed by atoms with Crippen molar-refractivity contribution in [3.63, 3.8) is 0 Å². The van der Waals surface area contributed by atoms with Crippen LogP contribution in [0.5, 0.6) is 0 Å². The van der Waals surface area contributed by atoms with E-state index < -0.39 is 16.1 Å². The number of benzene rings is 1. The van der Waals surface area contributed by atoms with E-state index in [-0.39, 0.29) is 5.91 Å². The molecule has 1 fully saturated rings. The zero-order valence-corrected chi connectivity index (χ0v) is 14.1. The molecule has 0 saturated carbocycles. The minimum absolute atomic E-state index is 0.230. The average molecular weight is 350 g/mol. The Labute approximate surface area is 140 Å². The number of carbonyl (C=O) groups excluding carboxylic acids is 1. The summed E-state index contributed by atoms with van der Waals surface area (Å²) in [7, 11) is -3.58. The Bertz CT molecular complexity index is 758. The van der Waals surface area contributed by atoms with Crippen LogP contribution in [0, 0.1) is 0 Å². The fourth-order valence-corrected chi connectivity index (χ4v) is 5.49. The highest BCUT2D eigenvalue weighted by Crippen LogP contribution is 2.28. The number of thiophene rings is 1. The molecule has 1 aromatic carbocycles. The van der Waals surface area contributed by atoms with E-state index in [9.17, 15) is 13.2 Å². The van der Waals surface area contributed by atoms with Gasteiger partial charge in [0.15, 0.2) is 0 Å². The Morgan fingerprint density at radius 2 is 2.00 bits per heavy atom. The van der Waals surface area contributed by atoms with Gasteiger partial charge in [-0.1, -0.05) is 36.4 Å². The monoisotopic (exact) mass is 350 g/mol. The third kappa shape index (κ3) is 3.46. The molecule has 0 unspecified atom stereocenters. The molecular weight excluding hydrogens is 332 g/mol. The van der Waals surface area contributed by atoms with E-state index in [1.165, 1.54) is 15.6 Å². The first-order valence-electron chi connectivity index (χ1n) is 7.46. The van der Waals surface area contributed by atoms with Gasteiger partial charge < -0.3 is 5.32 Å². The Kier molecular flexibility index (Phi) is 4.79. The van der Waals surface area contributed by atoms with Gasteiger partial charge in [0, 0.05) is 13.1 Å². The number of carbonyl (C=O) groups is 1. The van der Waals surface area contributed by atoms with Crippen LogP contribution in [0.25, 0.3) is 0 Å². The second-order valence-electron chi connectivity index (χ2n) is 5.41. The number of rotatable bonds is 5. The van der Waals surface area contributed by atoms with Crippen molar-refractivity contribution in [3.05, 3.63) is 53.4 Å². The largest absolute Gasteiger partial charge is 0.351 e. The first-order valence-corrected chi connectivity index (χ1v) is 9.78. The predicted octanol–water partition coefficient (Wildman–Crippen LogP) is 2.22. The molecule has 5 nitrogen and oxygen atoms in total. The highest BCUT2D eigenvalue weighted by Gasteiger charge is 2.39. The molecule has 0 radical (unpaired) electrons. The third-order valence-corrected chi connectivity index (χ3v) is 7.16. The van der Waals surface area contributed by atoms with Crippen LogP contribution in [0.1, 0.15) is 18.4 Å². The van der Waals surface area contributed by atoms with E-state index >= 15 is 0 Å². The van der Waals surface area contributed by atoms with Gasteiger partial charge in [-0.25, -0.2) is 8.42 Å². The minimum Gasteiger partial charge on any atom is -0.351 e. The SMILES string of the molecule is O=C(NCc1ccccc1)[C@@H]1CCCN1S(=O)(=O)c1cccs1. The molecule has 1 aliphatic rings. The van der Waals surface area contributed by atoms with Crippen LogP contribution in [-0.4, -0.2) is 31.2 Å². The van der Waals surface area contributed by atoms with Crippen molar-refractivity contribution in [2.24, 2.45) is 0 Å². The fraction of sp³-hybridized carbons (Fsp3) is 0.312. The number of nitrogens with one attached hydrogen (secondary N) is 1. The molecule has 2 heterocycles. The number of amides is 1. The van der Waals surface area contributed by atoms with Gasteiger partial charge in [-0.15, -0.1) is 11.3 Å². The van der Waals surface area contributed by atoms with Crippen molar-refractivity contribution >= 4 is 27.3 Å². The average Bonchev–Trinajstić information content (AvgIpc) is 3.25. The summed E-state index contributed by atoms with van der Waals surface area (Å²) in [6.45, 7) is 0.798. The number of sulfonamides is 1. The summed E-state index contributed by atoms with van der Waals surface area (Å²) in [5, 5.41) is 4.58. The molecule has 1 N–H and O–H groups in total. The molecule has 1 amide bonds. The van der Waals surface area contributed by atoms with Crippen LogP contribution in [0.4, 0.5) is 0 Å². The maximum absolute atomic E-state index is 12.6. The van der Waals surface area contributed by atoms with Gasteiger partial charge in [-0.2, -0.15) is 4.31 Å². The molecule has 7 heteroatoms. The van der Waals surface area contributed by atoms with Crippen LogP contribution < -0.4 is 5.32 Å². The van der Waals surface area contributed by atoms with E-state index in [0.717, 1.165) is 5.56 Å². The molecule has 1 saturated heterocycles. The van der Waals surface area contributed by atoms with Crippen molar-refractivity contribution in [3.8, 4) is 0 Å². The third-order valence-electron chi connectivity index (χ3n) is 3.87. The summed E-state index contributed by atoms with van der Waals surface area (Å²) in [4.78, 5) is 12.4. The Morgan fingerprint density at radius 1 is 1.22 bits per heavy atom. The Hall–Kier alpha value is -1.70. The lowest BCUT2D eigenvalue weighted by Crippen LogP contribution is -2.45. The molecule has 1 atom stereocenters. The lowest BCUT2D eigenvalue weighted by atomic mass is 10.2. The predicted molar refractivity (Wildman–Crippen MR) is 89.5 cm³/mol. The number of nitrogens with zero attached hydrogens (tertiary/aromatic N) is 1. The van der Waals surface area contributed by atoms with E-state index in [1.807, 2.05) is 30.3 Å². The van der Waals surface area contributed by atoms with Gasteiger partial charge in [0.1, 0.15) is 10.3 Å². The first-order chi connectivity index (χ1) is 11.1. The van der Waals surface area contributed by atoms with E-state index in [0.29, 0.717) is 30.1 Å². The molecule has 3 rings (SSSR count). The Balaban J connectivity index is 1.70. The molecule has 23 heavy (non-hydrogen) atoms. The lowest BCUT2D eigenvalue weighted by Gasteiger charge is -2.22. The van der Waals surface area contributed by atoms with Crippen LogP contribution >= 0.6 is 11.3 Å². The van der Waals surface area contributed by atoms with E-state index in [4.69, 9.17) is 0 Å². The van der Waals surface area contributed by atoms with E-state index in [2.05, 4.69) is 5.32 Å². The standard InChI is InChI=1S/C16H18N2O3S2/c19-16(17-12-13-6-2-1-3-7-13)14-8-4-10-18(14)23(20,21)15-9-5-11-22-15/h1-3,5-7,9,11,14H,4,8,10,12H2,(H,17,19)/t14-/m0/s1. The van der Waals surface area contributed by atoms with Gasteiger partial charge in [0.05, 0.1) is 0 Å². The highest BCUT2D eigenvalue weighted by atomic mass is 32.2. The topological polar surface area (TPSA) is 66.5 Å². The molecule has 0 aliphatic carbocycles. The second kappa shape index (κ2) is 6.82. The van der Waals surface area contributed by atoms with Crippen molar-refractivity contribution in [1.29, 1.82) is 0 Å². The van der Waals surface area contributed by atoms with Crippen molar-refractivity contribution < 1.29 is 13.2 Å². The Morgan fingerprint density at radius 3 is 2.70 bits per heavy atom. The smallest absolute Gasteiger partial charge is 0.253 e. The van der Waals surface area contributed by atoms with Crippen molar-refractivity contribution in [2.75, 3.05) is 6.54 Å². The fourth-order valence-electron chi connectivity index (χ4n) is 2.72. The van der Waals surface area contributed by atoms with Crippen LogP contribution in [0.3, 0.4) is 0 Å². The number of hydrogen-bond acceptors (Lipinski definition) is 4. The first kappa shape index (κ1) is 16.2. The molecule has 1 aliphatic heterocycles. The van der Waals surface area contributed by atoms with E-state index in [1.54, 1.807) is 17.5 Å². The quantitative estimate of drug-likeness (QED) is 0.899.